The summed E-state index contributed by atoms with van der Waals surface area (Å²) in [6.07, 6.45) is 6.03. The van der Waals surface area contributed by atoms with Gasteiger partial charge in [0.25, 0.3) is 0 Å². The van der Waals surface area contributed by atoms with Gasteiger partial charge >= 0.3 is 0 Å². The van der Waals surface area contributed by atoms with Crippen molar-refractivity contribution < 1.29 is 17.9 Å². The average molecular weight is 422 g/mol. The summed E-state index contributed by atoms with van der Waals surface area (Å²) in [5.41, 5.74) is 0.937. The highest BCUT2D eigenvalue weighted by molar-refractivity contribution is 7.89. The Labute approximate surface area is 173 Å². The second-order valence-electron chi connectivity index (χ2n) is 7.34. The first-order valence-corrected chi connectivity index (χ1v) is 11.9. The molecule has 1 aliphatic heterocycles. The maximum absolute atomic E-state index is 12.9. The van der Waals surface area contributed by atoms with Gasteiger partial charge < -0.3 is 14.6 Å². The van der Waals surface area contributed by atoms with Gasteiger partial charge in [-0.1, -0.05) is 6.42 Å². The van der Waals surface area contributed by atoms with E-state index in [1.54, 1.807) is 16.4 Å². The number of aromatic nitrogens is 1. The molecule has 1 amide bonds. The summed E-state index contributed by atoms with van der Waals surface area (Å²) in [6, 6.07) is 7.16. The van der Waals surface area contributed by atoms with Gasteiger partial charge in [-0.2, -0.15) is 4.31 Å². The standard InChI is InChI=1S/C21H31N3O4S/c1-2-28-16-6-11-22-21(25)10-15-23-14-9-18-17-19(7-8-20(18)23)29(26,27)24-12-4-3-5-13-24/h7-9,14,17H,2-6,10-13,15-16H2,1H3,(H,22,25). The second kappa shape index (κ2) is 10.2. The highest BCUT2D eigenvalue weighted by atomic mass is 32.2. The number of aryl methyl sites for hydroxylation is 1. The Balaban J connectivity index is 1.60. The Hall–Kier alpha value is -1.90. The number of nitrogens with one attached hydrogen (secondary N) is 1. The van der Waals surface area contributed by atoms with Gasteiger partial charge in [0.15, 0.2) is 0 Å². The number of ether oxygens (including phenoxy) is 1. The van der Waals surface area contributed by atoms with E-state index in [1.807, 2.05) is 29.8 Å². The van der Waals surface area contributed by atoms with Crippen molar-refractivity contribution in [1.29, 1.82) is 0 Å². The minimum atomic E-state index is -3.44. The molecule has 1 fully saturated rings. The molecule has 1 N–H and O–H groups in total. The maximum Gasteiger partial charge on any atom is 0.243 e. The van der Waals surface area contributed by atoms with E-state index in [9.17, 15) is 13.2 Å². The van der Waals surface area contributed by atoms with Crippen molar-refractivity contribution in [3.8, 4) is 0 Å². The third kappa shape index (κ3) is 5.58. The smallest absolute Gasteiger partial charge is 0.243 e. The van der Waals surface area contributed by atoms with Crippen LogP contribution in [0.15, 0.2) is 35.4 Å². The van der Waals surface area contributed by atoms with E-state index in [-0.39, 0.29) is 5.91 Å². The number of sulfonamides is 1. The van der Waals surface area contributed by atoms with Crippen molar-refractivity contribution in [3.63, 3.8) is 0 Å². The van der Waals surface area contributed by atoms with Crippen LogP contribution in [-0.2, 0) is 26.1 Å². The molecule has 8 heteroatoms. The van der Waals surface area contributed by atoms with Gasteiger partial charge in [0.05, 0.1) is 4.90 Å². The lowest BCUT2D eigenvalue weighted by atomic mass is 10.2. The number of piperidine rings is 1. The van der Waals surface area contributed by atoms with Gasteiger partial charge in [-0.05, 0) is 50.5 Å². The molecule has 2 heterocycles. The zero-order valence-corrected chi connectivity index (χ0v) is 17.9. The summed E-state index contributed by atoms with van der Waals surface area (Å²) in [4.78, 5) is 12.4. The van der Waals surface area contributed by atoms with Crippen LogP contribution >= 0.6 is 0 Å². The normalized spacial score (nSPS) is 15.6. The predicted octanol–water partition coefficient (Wildman–Crippen LogP) is 2.75. The molecule has 7 nitrogen and oxygen atoms in total. The van der Waals surface area contributed by atoms with Crippen molar-refractivity contribution in [2.24, 2.45) is 0 Å². The van der Waals surface area contributed by atoms with Crippen LogP contribution in [0.3, 0.4) is 0 Å². The second-order valence-corrected chi connectivity index (χ2v) is 9.28. The fourth-order valence-corrected chi connectivity index (χ4v) is 5.20. The fraction of sp³-hybridized carbons (Fsp3) is 0.571. The van der Waals surface area contributed by atoms with Crippen LogP contribution in [0.4, 0.5) is 0 Å². The Morgan fingerprint density at radius 3 is 2.72 bits per heavy atom. The lowest BCUT2D eigenvalue weighted by molar-refractivity contribution is -0.121. The molecule has 0 bridgehead atoms. The summed E-state index contributed by atoms with van der Waals surface area (Å²) >= 11 is 0. The molecule has 0 spiro atoms. The highest BCUT2D eigenvalue weighted by Gasteiger charge is 2.26. The van der Waals surface area contributed by atoms with Crippen molar-refractivity contribution >= 4 is 26.8 Å². The van der Waals surface area contributed by atoms with E-state index in [4.69, 9.17) is 4.74 Å². The maximum atomic E-state index is 12.9. The summed E-state index contributed by atoms with van der Waals surface area (Å²) in [5.74, 6) is 0.00708. The van der Waals surface area contributed by atoms with Gasteiger partial charge in [0.1, 0.15) is 0 Å². The summed E-state index contributed by atoms with van der Waals surface area (Å²) in [6.45, 7) is 5.66. The molecule has 29 heavy (non-hydrogen) atoms. The third-order valence-electron chi connectivity index (χ3n) is 5.27. The predicted molar refractivity (Wildman–Crippen MR) is 113 cm³/mol. The molecule has 2 aromatic rings. The molecule has 1 aromatic heterocycles. The van der Waals surface area contributed by atoms with Crippen molar-refractivity contribution in [2.75, 3.05) is 32.8 Å². The number of hydrogen-bond donors (Lipinski definition) is 1. The fourth-order valence-electron chi connectivity index (χ4n) is 3.64. The number of carbonyl (C=O) groups is 1. The molecular formula is C21H31N3O4S. The zero-order valence-electron chi connectivity index (χ0n) is 17.1. The molecule has 0 radical (unpaired) electrons. The van der Waals surface area contributed by atoms with Crippen LogP contribution in [0.2, 0.25) is 0 Å². The molecule has 1 aromatic carbocycles. The molecule has 0 atom stereocenters. The number of nitrogens with zero attached hydrogens (tertiary/aromatic N) is 2. The molecule has 160 valence electrons. The molecular weight excluding hydrogens is 390 g/mol. The third-order valence-corrected chi connectivity index (χ3v) is 7.16. The Kier molecular flexibility index (Phi) is 7.69. The van der Waals surface area contributed by atoms with Crippen molar-refractivity contribution in [1.82, 2.24) is 14.2 Å². The molecule has 3 rings (SSSR count). The van der Waals surface area contributed by atoms with Crippen LogP contribution in [0, 0.1) is 0 Å². The molecule has 0 saturated carbocycles. The SMILES string of the molecule is CCOCCCNC(=O)CCn1ccc2cc(S(=O)(=O)N3CCCCC3)ccc21. The van der Waals surface area contributed by atoms with Crippen molar-refractivity contribution in [3.05, 3.63) is 30.5 Å². The quantitative estimate of drug-likeness (QED) is 0.598. The van der Waals surface area contributed by atoms with Crippen LogP contribution in [-0.4, -0.2) is 56.0 Å². The van der Waals surface area contributed by atoms with Crippen LogP contribution in [0.5, 0.6) is 0 Å². The van der Waals surface area contributed by atoms with E-state index >= 15 is 0 Å². The number of amides is 1. The molecule has 0 aliphatic carbocycles. The van der Waals surface area contributed by atoms with Gasteiger partial charge in [-0.25, -0.2) is 8.42 Å². The molecule has 0 unspecified atom stereocenters. The number of rotatable bonds is 10. The van der Waals surface area contributed by atoms with E-state index in [2.05, 4.69) is 5.32 Å². The monoisotopic (exact) mass is 421 g/mol. The Morgan fingerprint density at radius 1 is 1.17 bits per heavy atom. The van der Waals surface area contributed by atoms with Gasteiger partial charge in [0, 0.05) is 62.9 Å². The Bertz CT molecular complexity index is 917. The minimum absolute atomic E-state index is 0.00708. The zero-order chi connectivity index (χ0) is 20.7. The lowest BCUT2D eigenvalue weighted by Crippen LogP contribution is -2.35. The first-order valence-electron chi connectivity index (χ1n) is 10.5. The number of hydrogen-bond acceptors (Lipinski definition) is 4. The number of benzene rings is 1. The van der Waals surface area contributed by atoms with E-state index < -0.39 is 10.0 Å². The van der Waals surface area contributed by atoms with E-state index in [1.165, 1.54) is 0 Å². The van der Waals surface area contributed by atoms with E-state index in [0.717, 1.165) is 36.6 Å². The summed E-state index contributed by atoms with van der Waals surface area (Å²) in [7, 11) is -3.44. The lowest BCUT2D eigenvalue weighted by Gasteiger charge is -2.25. The van der Waals surface area contributed by atoms with Gasteiger partial charge in [-0.3, -0.25) is 4.79 Å². The van der Waals surface area contributed by atoms with Crippen LogP contribution < -0.4 is 5.32 Å². The molecule has 1 saturated heterocycles. The first-order chi connectivity index (χ1) is 14.0. The number of carbonyl (C=O) groups excluding carboxylic acids is 1. The minimum Gasteiger partial charge on any atom is -0.382 e. The average Bonchev–Trinajstić information content (AvgIpc) is 3.15. The number of fused-ring (bicyclic) bond motifs is 1. The van der Waals surface area contributed by atoms with Crippen LogP contribution in [0.25, 0.3) is 10.9 Å². The van der Waals surface area contributed by atoms with Crippen LogP contribution in [0.1, 0.15) is 39.0 Å². The summed E-state index contributed by atoms with van der Waals surface area (Å²) in [5, 5.41) is 3.78. The van der Waals surface area contributed by atoms with E-state index in [0.29, 0.717) is 50.7 Å². The Morgan fingerprint density at radius 2 is 1.97 bits per heavy atom. The molecule has 1 aliphatic rings. The highest BCUT2D eigenvalue weighted by Crippen LogP contribution is 2.25. The van der Waals surface area contributed by atoms with Gasteiger partial charge in [-0.15, -0.1) is 0 Å². The first kappa shape index (κ1) is 21.8. The topological polar surface area (TPSA) is 80.6 Å². The largest absolute Gasteiger partial charge is 0.382 e. The van der Waals surface area contributed by atoms with Crippen molar-refractivity contribution in [2.45, 2.75) is 50.5 Å². The van der Waals surface area contributed by atoms with Gasteiger partial charge in [0.2, 0.25) is 15.9 Å². The summed E-state index contributed by atoms with van der Waals surface area (Å²) < 4.78 is 34.6.